The van der Waals surface area contributed by atoms with Crippen LogP contribution in [0.25, 0.3) is 0 Å². The maximum atomic E-state index is 2.17. The van der Waals surface area contributed by atoms with E-state index in [2.05, 4.69) is 121 Å². The summed E-state index contributed by atoms with van der Waals surface area (Å²) in [4.78, 5) is 0. The van der Waals surface area contributed by atoms with E-state index in [9.17, 15) is 0 Å². The van der Waals surface area contributed by atoms with E-state index in [-0.39, 0.29) is 19.5 Å². The van der Waals surface area contributed by atoms with Crippen LogP contribution in [0.1, 0.15) is 0 Å². The third kappa shape index (κ3) is 8.28. The maximum absolute atomic E-state index is 2.17. The quantitative estimate of drug-likeness (QED) is 0.299. The first-order valence-electron chi connectivity index (χ1n) is 8.64. The predicted octanol–water partition coefficient (Wildman–Crippen LogP) is 4.63. The van der Waals surface area contributed by atoms with Gasteiger partial charge in [0.05, 0.1) is 0 Å². The Hall–Kier alpha value is -1.64. The van der Waals surface area contributed by atoms with E-state index in [0.29, 0.717) is 0 Å². The molecule has 0 amide bonds. The minimum atomic E-state index is 0. The van der Waals surface area contributed by atoms with Crippen LogP contribution in [0.5, 0.6) is 0 Å². The van der Waals surface area contributed by atoms with Crippen LogP contribution in [0, 0.1) is 0 Å². The molecule has 0 unspecified atom stereocenters. The van der Waals surface area contributed by atoms with Crippen molar-refractivity contribution in [2.24, 2.45) is 0 Å². The Morgan fingerprint density at radius 1 is 0.296 bits per heavy atom. The van der Waals surface area contributed by atoms with E-state index in [1.54, 1.807) is 0 Å². The van der Waals surface area contributed by atoms with Crippen LogP contribution in [-0.2, 0) is 19.5 Å². The van der Waals surface area contributed by atoms with Gasteiger partial charge in [-0.05, 0) is 21.2 Å². The van der Waals surface area contributed by atoms with Gasteiger partial charge in [-0.1, -0.05) is 138 Å². The van der Waals surface area contributed by atoms with Crippen LogP contribution in [0.3, 0.4) is 0 Å². The van der Waals surface area contributed by atoms with Gasteiger partial charge in [0, 0.05) is 19.5 Å². The molecule has 0 spiro atoms. The Morgan fingerprint density at radius 3 is 0.667 bits per heavy atom. The van der Waals surface area contributed by atoms with Crippen LogP contribution in [0.15, 0.2) is 121 Å². The molecule has 0 bridgehead atoms. The molecular formula is C24H22P2Rh. The molecule has 27 heavy (non-hydrogen) atoms. The molecule has 0 atom stereocenters. The van der Waals surface area contributed by atoms with Crippen LogP contribution in [0.4, 0.5) is 0 Å². The van der Waals surface area contributed by atoms with Crippen molar-refractivity contribution in [2.75, 3.05) is 0 Å². The molecule has 0 N–H and O–H groups in total. The van der Waals surface area contributed by atoms with Gasteiger partial charge in [-0.3, -0.25) is 0 Å². The average molecular weight is 475 g/mol. The molecule has 1 radical (unpaired) electrons. The zero-order chi connectivity index (χ0) is 17.9. The largest absolute Gasteiger partial charge is 0.0622 e. The summed E-state index contributed by atoms with van der Waals surface area (Å²) in [5.41, 5.74) is 0. The predicted molar refractivity (Wildman–Crippen MR) is 121 cm³/mol. The van der Waals surface area contributed by atoms with Gasteiger partial charge in [-0.15, -0.1) is 0 Å². The molecule has 4 aromatic rings. The maximum Gasteiger partial charge on any atom is 0 e. The summed E-state index contributed by atoms with van der Waals surface area (Å²) in [6.45, 7) is 0. The van der Waals surface area contributed by atoms with E-state index in [4.69, 9.17) is 0 Å². The first-order valence-corrected chi connectivity index (χ1v) is 10.6. The van der Waals surface area contributed by atoms with E-state index >= 15 is 0 Å². The Labute approximate surface area is 178 Å². The Bertz CT molecular complexity index is 715. The molecule has 0 saturated carbocycles. The van der Waals surface area contributed by atoms with E-state index in [0.717, 1.165) is 17.2 Å². The van der Waals surface area contributed by atoms with Gasteiger partial charge in [0.2, 0.25) is 0 Å². The fourth-order valence-electron chi connectivity index (χ4n) is 2.42. The summed E-state index contributed by atoms with van der Waals surface area (Å²) in [6, 6.07) is 42.3. The SMILES string of the molecule is [Rh].c1ccc(Pc2ccccc2)cc1.c1ccc(Pc2ccccc2)cc1. The minimum absolute atomic E-state index is 0. The summed E-state index contributed by atoms with van der Waals surface area (Å²) in [6.07, 6.45) is 0. The molecule has 0 heterocycles. The van der Waals surface area contributed by atoms with Crippen molar-refractivity contribution in [3.8, 4) is 0 Å². The number of hydrogen-bond donors (Lipinski definition) is 0. The summed E-state index contributed by atoms with van der Waals surface area (Å²) >= 11 is 0. The van der Waals surface area contributed by atoms with Gasteiger partial charge >= 0.3 is 0 Å². The van der Waals surface area contributed by atoms with Gasteiger partial charge < -0.3 is 0 Å². The Balaban J connectivity index is 0.000000187. The second-order valence-electron chi connectivity index (χ2n) is 5.71. The van der Waals surface area contributed by atoms with E-state index in [1.165, 1.54) is 21.2 Å². The molecule has 0 saturated heterocycles. The van der Waals surface area contributed by atoms with Crippen molar-refractivity contribution < 1.29 is 19.5 Å². The van der Waals surface area contributed by atoms with Gasteiger partial charge in [-0.25, -0.2) is 0 Å². The number of benzene rings is 4. The molecule has 0 nitrogen and oxygen atoms in total. The van der Waals surface area contributed by atoms with Crippen LogP contribution in [-0.4, -0.2) is 0 Å². The fraction of sp³-hybridized carbons (Fsp3) is 0. The van der Waals surface area contributed by atoms with Gasteiger partial charge in [0.15, 0.2) is 0 Å². The van der Waals surface area contributed by atoms with Gasteiger partial charge in [-0.2, -0.15) is 0 Å². The zero-order valence-electron chi connectivity index (χ0n) is 14.9. The standard InChI is InChI=1S/2C12H11P.Rh/c2*1-3-7-11(8-4-1)13-12-9-5-2-6-10-12;/h2*1-10,13H;. The molecule has 0 aliphatic carbocycles. The molecule has 0 aromatic heterocycles. The molecule has 4 aromatic carbocycles. The van der Waals surface area contributed by atoms with Crippen molar-refractivity contribution >= 4 is 38.4 Å². The van der Waals surface area contributed by atoms with E-state index < -0.39 is 0 Å². The summed E-state index contributed by atoms with van der Waals surface area (Å²) < 4.78 is 0. The van der Waals surface area contributed by atoms with Gasteiger partial charge in [0.25, 0.3) is 0 Å². The molecule has 4 rings (SSSR count). The van der Waals surface area contributed by atoms with Crippen molar-refractivity contribution in [3.63, 3.8) is 0 Å². The first-order chi connectivity index (χ1) is 12.9. The van der Waals surface area contributed by atoms with Crippen LogP contribution >= 0.6 is 17.2 Å². The van der Waals surface area contributed by atoms with Crippen molar-refractivity contribution in [1.82, 2.24) is 0 Å². The van der Waals surface area contributed by atoms with Crippen molar-refractivity contribution in [1.29, 1.82) is 0 Å². The second kappa shape index (κ2) is 12.7. The monoisotopic (exact) mass is 475 g/mol. The smallest absolute Gasteiger partial charge is 0 e. The first kappa shape index (κ1) is 21.7. The Kier molecular flexibility index (Phi) is 10.2. The average Bonchev–Trinajstić information content (AvgIpc) is 2.72. The second-order valence-corrected chi connectivity index (χ2v) is 8.52. The van der Waals surface area contributed by atoms with Crippen molar-refractivity contribution in [3.05, 3.63) is 121 Å². The number of hydrogen-bond acceptors (Lipinski definition) is 0. The summed E-state index contributed by atoms with van der Waals surface area (Å²) in [7, 11) is 1.55. The van der Waals surface area contributed by atoms with E-state index in [1.807, 2.05) is 0 Å². The normalized spacial score (nSPS) is 9.48. The minimum Gasteiger partial charge on any atom is -0.0622 e. The topological polar surface area (TPSA) is 0 Å². The van der Waals surface area contributed by atoms with Crippen LogP contribution < -0.4 is 21.2 Å². The molecule has 0 aliphatic heterocycles. The van der Waals surface area contributed by atoms with Gasteiger partial charge in [0.1, 0.15) is 0 Å². The fourth-order valence-corrected chi connectivity index (χ4v) is 4.52. The summed E-state index contributed by atoms with van der Waals surface area (Å²) in [5.74, 6) is 0. The molecule has 0 aliphatic rings. The summed E-state index contributed by atoms with van der Waals surface area (Å²) in [5, 5.41) is 5.59. The third-order valence-corrected chi connectivity index (χ3v) is 6.16. The molecule has 137 valence electrons. The third-order valence-electron chi connectivity index (χ3n) is 3.67. The Morgan fingerprint density at radius 2 is 0.481 bits per heavy atom. The molecule has 0 fully saturated rings. The molecular weight excluding hydrogens is 453 g/mol. The zero-order valence-corrected chi connectivity index (χ0v) is 18.5. The number of rotatable bonds is 4. The van der Waals surface area contributed by atoms with Crippen molar-refractivity contribution in [2.45, 2.75) is 0 Å². The molecule has 3 heteroatoms. The van der Waals surface area contributed by atoms with Crippen LogP contribution in [0.2, 0.25) is 0 Å².